The molecule has 2 unspecified atom stereocenters. The lowest BCUT2D eigenvalue weighted by Crippen LogP contribution is -2.33. The third kappa shape index (κ3) is 3.88. The molecule has 1 aliphatic heterocycles. The number of rotatable bonds is 5. The van der Waals surface area contributed by atoms with Crippen molar-refractivity contribution in [3.05, 3.63) is 21.4 Å². The Labute approximate surface area is 133 Å². The van der Waals surface area contributed by atoms with Gasteiger partial charge in [-0.2, -0.15) is 0 Å². The summed E-state index contributed by atoms with van der Waals surface area (Å²) in [5, 5.41) is 3.81. The van der Waals surface area contributed by atoms with Gasteiger partial charge in [0.05, 0.1) is 6.61 Å². The second-order valence-electron chi connectivity index (χ2n) is 6.57. The van der Waals surface area contributed by atoms with E-state index in [0.29, 0.717) is 12.0 Å². The third-order valence-electron chi connectivity index (χ3n) is 4.85. The van der Waals surface area contributed by atoms with Gasteiger partial charge in [0, 0.05) is 28.3 Å². The molecule has 1 fully saturated rings. The van der Waals surface area contributed by atoms with E-state index < -0.39 is 0 Å². The van der Waals surface area contributed by atoms with Gasteiger partial charge in [-0.15, -0.1) is 11.3 Å². The number of ether oxygens (including phenoxy) is 1. The van der Waals surface area contributed by atoms with Crippen LogP contribution in [0.3, 0.4) is 0 Å². The Morgan fingerprint density at radius 1 is 1.29 bits per heavy atom. The monoisotopic (exact) mass is 307 g/mol. The zero-order chi connectivity index (χ0) is 14.5. The summed E-state index contributed by atoms with van der Waals surface area (Å²) in [6.07, 6.45) is 10.5. The largest absolute Gasteiger partial charge is 0.381 e. The van der Waals surface area contributed by atoms with Gasteiger partial charge in [0.15, 0.2) is 0 Å². The molecule has 3 rings (SSSR count). The number of hydrogen-bond acceptors (Lipinski definition) is 3. The fourth-order valence-electron chi connectivity index (χ4n) is 3.67. The van der Waals surface area contributed by atoms with E-state index in [2.05, 4.69) is 29.6 Å². The lowest BCUT2D eigenvalue weighted by Gasteiger charge is -2.30. The van der Waals surface area contributed by atoms with Crippen LogP contribution in [0, 0.1) is 5.92 Å². The van der Waals surface area contributed by atoms with Gasteiger partial charge in [0.2, 0.25) is 0 Å². The molecule has 0 saturated carbocycles. The first-order valence-corrected chi connectivity index (χ1v) is 9.62. The highest BCUT2D eigenvalue weighted by atomic mass is 32.1. The van der Waals surface area contributed by atoms with E-state index in [-0.39, 0.29) is 0 Å². The number of nitrogens with one attached hydrogen (secondary N) is 1. The molecule has 2 nitrogen and oxygen atoms in total. The zero-order valence-electron chi connectivity index (χ0n) is 13.3. The van der Waals surface area contributed by atoms with Crippen LogP contribution in [0.1, 0.15) is 66.8 Å². The number of aryl methyl sites for hydroxylation is 2. The molecule has 1 aromatic heterocycles. The van der Waals surface area contributed by atoms with Gasteiger partial charge >= 0.3 is 0 Å². The first-order valence-electron chi connectivity index (χ1n) is 8.81. The standard InChI is InChI=1S/C18H29NOS/c1-2-10-19-18(15-8-6-11-20-13-15)17-12-14-7-4-3-5-9-16(14)21-17/h12,15,18-19H,2-11,13H2,1H3. The highest BCUT2D eigenvalue weighted by Crippen LogP contribution is 2.37. The maximum Gasteiger partial charge on any atom is 0.0512 e. The summed E-state index contributed by atoms with van der Waals surface area (Å²) >= 11 is 2.08. The highest BCUT2D eigenvalue weighted by molar-refractivity contribution is 7.12. The van der Waals surface area contributed by atoms with Crippen LogP contribution in [-0.2, 0) is 17.6 Å². The van der Waals surface area contributed by atoms with Gasteiger partial charge in [-0.25, -0.2) is 0 Å². The van der Waals surface area contributed by atoms with Crippen LogP contribution in [0.15, 0.2) is 6.07 Å². The molecule has 1 saturated heterocycles. The Balaban J connectivity index is 1.78. The van der Waals surface area contributed by atoms with E-state index >= 15 is 0 Å². The summed E-state index contributed by atoms with van der Waals surface area (Å²) in [5.41, 5.74) is 1.65. The topological polar surface area (TPSA) is 21.3 Å². The molecule has 1 aromatic rings. The molecule has 2 aliphatic rings. The predicted octanol–water partition coefficient (Wildman–Crippen LogP) is 4.48. The fourth-order valence-corrected chi connectivity index (χ4v) is 5.10. The lowest BCUT2D eigenvalue weighted by atomic mass is 9.92. The van der Waals surface area contributed by atoms with Crippen molar-refractivity contribution < 1.29 is 4.74 Å². The zero-order valence-corrected chi connectivity index (χ0v) is 14.1. The second kappa shape index (κ2) is 7.75. The fraction of sp³-hybridized carbons (Fsp3) is 0.778. The number of thiophene rings is 1. The van der Waals surface area contributed by atoms with Crippen molar-refractivity contribution in [2.24, 2.45) is 5.92 Å². The Morgan fingerprint density at radius 3 is 3.00 bits per heavy atom. The van der Waals surface area contributed by atoms with E-state index in [1.165, 1.54) is 51.4 Å². The van der Waals surface area contributed by atoms with Crippen LogP contribution in [0.25, 0.3) is 0 Å². The Morgan fingerprint density at radius 2 is 2.19 bits per heavy atom. The van der Waals surface area contributed by atoms with Crippen molar-refractivity contribution in [3.63, 3.8) is 0 Å². The van der Waals surface area contributed by atoms with Crippen molar-refractivity contribution in [1.82, 2.24) is 5.32 Å². The molecule has 0 amide bonds. The van der Waals surface area contributed by atoms with Gasteiger partial charge in [0.25, 0.3) is 0 Å². The molecule has 0 aromatic carbocycles. The minimum absolute atomic E-state index is 0.516. The number of fused-ring (bicyclic) bond motifs is 1. The molecule has 0 spiro atoms. The lowest BCUT2D eigenvalue weighted by molar-refractivity contribution is 0.0395. The molecule has 118 valence electrons. The van der Waals surface area contributed by atoms with E-state index in [1.54, 1.807) is 15.3 Å². The Bertz CT molecular complexity index is 413. The van der Waals surface area contributed by atoms with Crippen molar-refractivity contribution in [1.29, 1.82) is 0 Å². The molecule has 0 bridgehead atoms. The van der Waals surface area contributed by atoms with E-state index in [1.807, 2.05) is 0 Å². The molecule has 0 radical (unpaired) electrons. The summed E-state index contributed by atoms with van der Waals surface area (Å²) in [4.78, 5) is 3.24. The summed E-state index contributed by atoms with van der Waals surface area (Å²) in [6.45, 7) is 5.26. The summed E-state index contributed by atoms with van der Waals surface area (Å²) in [6, 6.07) is 3.04. The normalized spacial score (nSPS) is 24.3. The van der Waals surface area contributed by atoms with Gasteiger partial charge in [-0.3, -0.25) is 0 Å². The maximum absolute atomic E-state index is 5.75. The molecular formula is C18H29NOS. The molecule has 2 heterocycles. The SMILES string of the molecule is CCCNC(c1cc2c(s1)CCCCC2)C1CCCOC1. The van der Waals surface area contributed by atoms with Crippen molar-refractivity contribution >= 4 is 11.3 Å². The van der Waals surface area contributed by atoms with Crippen molar-refractivity contribution in [2.75, 3.05) is 19.8 Å². The minimum atomic E-state index is 0.516. The average molecular weight is 308 g/mol. The summed E-state index contributed by atoms with van der Waals surface area (Å²) in [5.74, 6) is 0.660. The quantitative estimate of drug-likeness (QED) is 0.810. The second-order valence-corrected chi connectivity index (χ2v) is 7.74. The van der Waals surface area contributed by atoms with Crippen molar-refractivity contribution in [2.45, 2.75) is 64.3 Å². The average Bonchev–Trinajstić information content (AvgIpc) is 2.79. The number of hydrogen-bond donors (Lipinski definition) is 1. The van der Waals surface area contributed by atoms with Crippen LogP contribution >= 0.6 is 11.3 Å². The van der Waals surface area contributed by atoms with Gasteiger partial charge in [-0.1, -0.05) is 13.3 Å². The van der Waals surface area contributed by atoms with E-state index in [0.717, 1.165) is 19.8 Å². The Hall–Kier alpha value is -0.380. The van der Waals surface area contributed by atoms with Crippen molar-refractivity contribution in [3.8, 4) is 0 Å². The predicted molar refractivity (Wildman–Crippen MR) is 90.2 cm³/mol. The molecular weight excluding hydrogens is 278 g/mol. The van der Waals surface area contributed by atoms with Gasteiger partial charge in [-0.05, 0) is 63.1 Å². The van der Waals surface area contributed by atoms with Crippen LogP contribution in [0.4, 0.5) is 0 Å². The Kier molecular flexibility index (Phi) is 5.73. The smallest absolute Gasteiger partial charge is 0.0512 e. The molecule has 1 N–H and O–H groups in total. The summed E-state index contributed by atoms with van der Waals surface area (Å²) < 4.78 is 5.75. The van der Waals surface area contributed by atoms with E-state index in [9.17, 15) is 0 Å². The first kappa shape index (κ1) is 15.5. The van der Waals surface area contributed by atoms with Crippen LogP contribution in [-0.4, -0.2) is 19.8 Å². The highest BCUT2D eigenvalue weighted by Gasteiger charge is 2.27. The molecule has 2 atom stereocenters. The van der Waals surface area contributed by atoms with Crippen LogP contribution < -0.4 is 5.32 Å². The first-order chi connectivity index (χ1) is 10.4. The van der Waals surface area contributed by atoms with Gasteiger partial charge in [0.1, 0.15) is 0 Å². The van der Waals surface area contributed by atoms with Crippen LogP contribution in [0.5, 0.6) is 0 Å². The molecule has 1 aliphatic carbocycles. The maximum atomic E-state index is 5.75. The van der Waals surface area contributed by atoms with E-state index in [4.69, 9.17) is 4.74 Å². The van der Waals surface area contributed by atoms with Gasteiger partial charge < -0.3 is 10.1 Å². The molecule has 21 heavy (non-hydrogen) atoms. The summed E-state index contributed by atoms with van der Waals surface area (Å²) in [7, 11) is 0. The van der Waals surface area contributed by atoms with Crippen LogP contribution in [0.2, 0.25) is 0 Å². The minimum Gasteiger partial charge on any atom is -0.381 e. The third-order valence-corrected chi connectivity index (χ3v) is 6.17. The molecule has 3 heteroatoms.